The molecule has 1 atom stereocenters. The molecule has 0 aromatic carbocycles. The van der Waals surface area contributed by atoms with Crippen LogP contribution < -0.4 is 15.4 Å². The average molecular weight is 314 g/mol. The summed E-state index contributed by atoms with van der Waals surface area (Å²) >= 11 is 1.32. The lowest BCUT2D eigenvalue weighted by Crippen LogP contribution is -2.22. The summed E-state index contributed by atoms with van der Waals surface area (Å²) in [4.78, 5) is 14.4. The highest BCUT2D eigenvalue weighted by atomic mass is 32.1. The molecular weight excluding hydrogens is 292 g/mol. The highest BCUT2D eigenvalue weighted by Gasteiger charge is 2.31. The molecule has 0 aliphatic carbocycles. The van der Waals surface area contributed by atoms with Crippen molar-refractivity contribution in [3.05, 3.63) is 4.88 Å². The van der Waals surface area contributed by atoms with Crippen LogP contribution in [0.25, 0.3) is 0 Å². The zero-order chi connectivity index (χ0) is 15.6. The molecule has 0 spiro atoms. The van der Waals surface area contributed by atoms with Gasteiger partial charge in [0.05, 0.1) is 19.3 Å². The Hall–Kier alpha value is -1.47. The molecule has 1 aliphatic heterocycles. The minimum Gasteiger partial charge on any atom is -0.486 e. The fourth-order valence-electron chi connectivity index (χ4n) is 2.32. The molecule has 6 nitrogen and oxygen atoms in total. The molecule has 0 saturated carbocycles. The lowest BCUT2D eigenvalue weighted by molar-refractivity contribution is 0.0607. The third kappa shape index (κ3) is 3.24. The molecule has 21 heavy (non-hydrogen) atoms. The molecule has 1 fully saturated rings. The lowest BCUT2D eigenvalue weighted by Gasteiger charge is -2.19. The number of hydrogen-bond acceptors (Lipinski definition) is 7. The second kappa shape index (κ2) is 6.53. The van der Waals surface area contributed by atoms with Crippen LogP contribution in [0.4, 0.5) is 10.7 Å². The van der Waals surface area contributed by atoms with Gasteiger partial charge in [-0.15, -0.1) is 11.3 Å². The van der Waals surface area contributed by atoms with E-state index in [1.807, 2.05) is 13.8 Å². The van der Waals surface area contributed by atoms with Crippen molar-refractivity contribution in [3.63, 3.8) is 0 Å². The van der Waals surface area contributed by atoms with Crippen LogP contribution in [0, 0.1) is 0 Å². The van der Waals surface area contributed by atoms with Gasteiger partial charge in [-0.1, -0.05) is 0 Å². The third-order valence-corrected chi connectivity index (χ3v) is 4.60. The van der Waals surface area contributed by atoms with Gasteiger partial charge in [-0.2, -0.15) is 0 Å². The van der Waals surface area contributed by atoms with E-state index in [9.17, 15) is 4.79 Å². The standard InChI is InChI=1S/C14H22N2O4S/c1-8(2)20-11-10(15)12(14(17)19-4)21-13(11)16-6-5-9(7-16)18-3/h8-9H,5-7,15H2,1-4H3. The van der Waals surface area contributed by atoms with Crippen LogP contribution in [-0.4, -0.2) is 45.5 Å². The number of ether oxygens (including phenoxy) is 3. The number of thiophene rings is 1. The van der Waals surface area contributed by atoms with E-state index in [1.165, 1.54) is 18.4 Å². The number of nitrogen functional groups attached to an aromatic ring is 1. The number of carbonyl (C=O) groups excluding carboxylic acids is 1. The molecule has 0 amide bonds. The first kappa shape index (κ1) is 15.9. The number of esters is 1. The van der Waals surface area contributed by atoms with Crippen LogP contribution in [0.5, 0.6) is 5.75 Å². The summed E-state index contributed by atoms with van der Waals surface area (Å²) in [5.74, 6) is 0.145. The Labute approximate surface area is 128 Å². The van der Waals surface area contributed by atoms with Crippen LogP contribution in [0.1, 0.15) is 29.9 Å². The molecule has 2 rings (SSSR count). The largest absolute Gasteiger partial charge is 0.486 e. The van der Waals surface area contributed by atoms with E-state index in [1.54, 1.807) is 7.11 Å². The zero-order valence-corrected chi connectivity index (χ0v) is 13.7. The van der Waals surface area contributed by atoms with Gasteiger partial charge in [0.25, 0.3) is 0 Å². The predicted octanol–water partition coefficient (Wildman–Crippen LogP) is 2.13. The molecule has 2 heterocycles. The summed E-state index contributed by atoms with van der Waals surface area (Å²) in [6.07, 6.45) is 1.12. The van der Waals surface area contributed by atoms with Gasteiger partial charge < -0.3 is 24.8 Å². The van der Waals surface area contributed by atoms with Gasteiger partial charge in [-0.3, -0.25) is 0 Å². The second-order valence-corrected chi connectivity index (χ2v) is 6.23. The minimum absolute atomic E-state index is 0.0213. The molecule has 1 aromatic heterocycles. The Balaban J connectivity index is 2.36. The lowest BCUT2D eigenvalue weighted by atomic mass is 10.3. The van der Waals surface area contributed by atoms with Gasteiger partial charge in [-0.25, -0.2) is 4.79 Å². The van der Waals surface area contributed by atoms with Crippen LogP contribution in [-0.2, 0) is 9.47 Å². The van der Waals surface area contributed by atoms with Gasteiger partial charge in [-0.05, 0) is 20.3 Å². The Kier molecular flexibility index (Phi) is 4.95. The monoisotopic (exact) mass is 314 g/mol. The van der Waals surface area contributed by atoms with Crippen molar-refractivity contribution in [2.24, 2.45) is 0 Å². The molecular formula is C14H22N2O4S. The van der Waals surface area contributed by atoms with Gasteiger partial charge in [0.2, 0.25) is 0 Å². The number of nitrogens with two attached hydrogens (primary N) is 1. The topological polar surface area (TPSA) is 74.0 Å². The third-order valence-electron chi connectivity index (χ3n) is 3.37. The SMILES string of the molecule is COC(=O)c1sc(N2CCC(OC)C2)c(OC(C)C)c1N. The van der Waals surface area contributed by atoms with Crippen molar-refractivity contribution in [3.8, 4) is 5.75 Å². The van der Waals surface area contributed by atoms with Crippen molar-refractivity contribution < 1.29 is 19.0 Å². The number of rotatable bonds is 5. The van der Waals surface area contributed by atoms with E-state index in [-0.39, 0.29) is 12.2 Å². The van der Waals surface area contributed by atoms with Crippen LogP contribution in [0.2, 0.25) is 0 Å². The van der Waals surface area contributed by atoms with E-state index < -0.39 is 5.97 Å². The molecule has 0 radical (unpaired) electrons. The van der Waals surface area contributed by atoms with E-state index in [0.29, 0.717) is 16.3 Å². The summed E-state index contributed by atoms with van der Waals surface area (Å²) in [7, 11) is 3.06. The van der Waals surface area contributed by atoms with Crippen molar-refractivity contribution in [2.75, 3.05) is 37.9 Å². The summed E-state index contributed by atoms with van der Waals surface area (Å²) in [5.41, 5.74) is 6.45. The normalized spacial score (nSPS) is 18.3. The number of nitrogens with zero attached hydrogens (tertiary/aromatic N) is 1. The predicted molar refractivity (Wildman–Crippen MR) is 83.5 cm³/mol. The summed E-state index contributed by atoms with van der Waals surface area (Å²) in [6.45, 7) is 5.49. The van der Waals surface area contributed by atoms with Gasteiger partial charge in [0.15, 0.2) is 5.75 Å². The Bertz CT molecular complexity index is 515. The molecule has 7 heteroatoms. The van der Waals surface area contributed by atoms with E-state index >= 15 is 0 Å². The molecule has 1 aromatic rings. The van der Waals surface area contributed by atoms with Crippen LogP contribution in [0.3, 0.4) is 0 Å². The van der Waals surface area contributed by atoms with Gasteiger partial charge in [0, 0.05) is 20.2 Å². The maximum atomic E-state index is 11.8. The summed E-state index contributed by atoms with van der Waals surface area (Å²) in [5, 5.41) is 0.876. The molecule has 118 valence electrons. The van der Waals surface area contributed by atoms with Crippen molar-refractivity contribution in [2.45, 2.75) is 32.5 Å². The molecule has 0 bridgehead atoms. The number of anilines is 2. The second-order valence-electron chi connectivity index (χ2n) is 5.23. The first-order chi connectivity index (χ1) is 9.97. The van der Waals surface area contributed by atoms with Crippen LogP contribution in [0.15, 0.2) is 0 Å². The highest BCUT2D eigenvalue weighted by molar-refractivity contribution is 7.19. The Morgan fingerprint density at radius 3 is 2.67 bits per heavy atom. The number of hydrogen-bond donors (Lipinski definition) is 1. The maximum Gasteiger partial charge on any atom is 0.350 e. The van der Waals surface area contributed by atoms with Gasteiger partial charge in [0.1, 0.15) is 15.6 Å². The van der Waals surface area contributed by atoms with E-state index in [0.717, 1.165) is 24.5 Å². The quantitative estimate of drug-likeness (QED) is 0.839. The summed E-state index contributed by atoms with van der Waals surface area (Å²) < 4.78 is 16.0. The Morgan fingerprint density at radius 1 is 1.43 bits per heavy atom. The maximum absolute atomic E-state index is 11.8. The smallest absolute Gasteiger partial charge is 0.350 e. The fraction of sp³-hybridized carbons (Fsp3) is 0.643. The zero-order valence-electron chi connectivity index (χ0n) is 12.8. The molecule has 1 aliphatic rings. The molecule has 1 saturated heterocycles. The summed E-state index contributed by atoms with van der Waals surface area (Å²) in [6, 6.07) is 0. The van der Waals surface area contributed by atoms with Crippen LogP contribution >= 0.6 is 11.3 Å². The average Bonchev–Trinajstić information content (AvgIpc) is 3.04. The number of carbonyl (C=O) groups is 1. The molecule has 1 unspecified atom stereocenters. The highest BCUT2D eigenvalue weighted by Crippen LogP contribution is 2.46. The van der Waals surface area contributed by atoms with Gasteiger partial charge >= 0.3 is 5.97 Å². The fourth-order valence-corrected chi connectivity index (χ4v) is 3.43. The Morgan fingerprint density at radius 2 is 2.14 bits per heavy atom. The van der Waals surface area contributed by atoms with Crippen molar-refractivity contribution >= 4 is 28.0 Å². The van der Waals surface area contributed by atoms with Crippen molar-refractivity contribution in [1.29, 1.82) is 0 Å². The van der Waals surface area contributed by atoms with Crippen molar-refractivity contribution in [1.82, 2.24) is 0 Å². The minimum atomic E-state index is -0.431. The van der Waals surface area contributed by atoms with E-state index in [4.69, 9.17) is 19.9 Å². The van der Waals surface area contributed by atoms with E-state index in [2.05, 4.69) is 4.90 Å². The number of methoxy groups -OCH3 is 2. The first-order valence-electron chi connectivity index (χ1n) is 6.92. The first-order valence-corrected chi connectivity index (χ1v) is 7.74. The molecule has 2 N–H and O–H groups in total.